The highest BCUT2D eigenvalue weighted by atomic mass is 35.5. The van der Waals surface area contributed by atoms with Crippen LogP contribution in [0.15, 0.2) is 77.8 Å². The molecule has 1 saturated heterocycles. The monoisotopic (exact) mass is 715 g/mol. The molecule has 0 aliphatic carbocycles. The fourth-order valence-electron chi connectivity index (χ4n) is 5.34. The number of hydrogen-bond acceptors (Lipinski definition) is 9. The van der Waals surface area contributed by atoms with Gasteiger partial charge in [0, 0.05) is 57.1 Å². The highest BCUT2D eigenvalue weighted by molar-refractivity contribution is 7.92. The van der Waals surface area contributed by atoms with Gasteiger partial charge in [-0.1, -0.05) is 29.3 Å². The maximum absolute atomic E-state index is 15.2. The van der Waals surface area contributed by atoms with E-state index in [0.29, 0.717) is 25.3 Å². The molecule has 1 fully saturated rings. The molecule has 1 N–H and O–H groups in total. The van der Waals surface area contributed by atoms with E-state index in [1.807, 2.05) is 30.0 Å². The number of carbonyl (C=O) groups is 1. The van der Waals surface area contributed by atoms with Crippen LogP contribution in [-0.2, 0) is 21.4 Å². The number of anilines is 2. The van der Waals surface area contributed by atoms with Crippen molar-refractivity contribution >= 4 is 50.5 Å². The molecule has 4 aromatic rings. The van der Waals surface area contributed by atoms with Crippen LogP contribution >= 0.6 is 23.2 Å². The highest BCUT2D eigenvalue weighted by Gasteiger charge is 2.24. The van der Waals surface area contributed by atoms with E-state index >= 15 is 4.39 Å². The van der Waals surface area contributed by atoms with E-state index in [4.69, 9.17) is 37.4 Å². The normalized spacial score (nSPS) is 14.5. The number of likely N-dealkylation sites (N-methyl/N-ethyl adjacent to an activating group) is 1. The van der Waals surface area contributed by atoms with Gasteiger partial charge in [0.25, 0.3) is 10.0 Å². The van der Waals surface area contributed by atoms with Crippen LogP contribution in [0.5, 0.6) is 23.1 Å². The fraction of sp³-hybridized carbons (Fsp3) is 0.273. The smallest absolute Gasteiger partial charge is 0.261 e. The molecule has 48 heavy (non-hydrogen) atoms. The minimum Gasteiger partial charge on any atom is -0.454 e. The molecule has 3 aromatic carbocycles. The van der Waals surface area contributed by atoms with E-state index in [1.165, 1.54) is 48.7 Å². The predicted octanol–water partition coefficient (Wildman–Crippen LogP) is 6.02. The molecular formula is C33H32Cl2FN5O6S. The number of benzene rings is 3. The Bertz CT molecular complexity index is 1910. The maximum Gasteiger partial charge on any atom is 0.261 e. The third-order valence-electron chi connectivity index (χ3n) is 7.96. The lowest BCUT2D eigenvalue weighted by Crippen LogP contribution is -2.51. The Balaban J connectivity index is 1.01. The summed E-state index contributed by atoms with van der Waals surface area (Å²) in [5, 5.41) is 0.335. The summed E-state index contributed by atoms with van der Waals surface area (Å²) in [6.45, 7) is 6.19. The zero-order valence-electron chi connectivity index (χ0n) is 25.9. The van der Waals surface area contributed by atoms with Crippen LogP contribution in [0.2, 0.25) is 10.0 Å². The second-order valence-corrected chi connectivity index (χ2v) is 13.6. The Morgan fingerprint density at radius 3 is 2.48 bits per heavy atom. The second-order valence-electron chi connectivity index (χ2n) is 11.1. The van der Waals surface area contributed by atoms with Crippen molar-refractivity contribution in [1.82, 2.24) is 14.8 Å². The number of fused-ring (bicyclic) bond motifs is 1. The van der Waals surface area contributed by atoms with Gasteiger partial charge < -0.3 is 24.0 Å². The molecule has 2 aliphatic rings. The number of ether oxygens (including phenoxy) is 3. The number of nitrogens with zero attached hydrogens (tertiary/aromatic N) is 4. The molecule has 1 aromatic heterocycles. The first-order valence-electron chi connectivity index (χ1n) is 15.1. The first kappa shape index (κ1) is 33.6. The van der Waals surface area contributed by atoms with Crippen molar-refractivity contribution < 1.29 is 31.8 Å². The Hall–Kier alpha value is -4.30. The maximum atomic E-state index is 15.2. The number of piperazine rings is 1. The third-order valence-corrected chi connectivity index (χ3v) is 10.1. The molecule has 11 nitrogen and oxygen atoms in total. The number of aromatic nitrogens is 1. The molecule has 2 aliphatic heterocycles. The lowest BCUT2D eigenvalue weighted by Gasteiger charge is -2.36. The molecule has 3 heterocycles. The van der Waals surface area contributed by atoms with Crippen molar-refractivity contribution in [3.8, 4) is 23.1 Å². The fourth-order valence-corrected chi connectivity index (χ4v) is 6.77. The quantitative estimate of drug-likeness (QED) is 0.199. The average Bonchev–Trinajstić information content (AvgIpc) is 3.55. The van der Waals surface area contributed by atoms with Gasteiger partial charge in [0.15, 0.2) is 23.1 Å². The van der Waals surface area contributed by atoms with Crippen molar-refractivity contribution in [3.05, 3.63) is 94.4 Å². The number of carbonyl (C=O) groups excluding carboxylic acids is 1. The number of pyridine rings is 1. The summed E-state index contributed by atoms with van der Waals surface area (Å²) >= 11 is 11.8. The predicted molar refractivity (Wildman–Crippen MR) is 180 cm³/mol. The molecule has 15 heteroatoms. The van der Waals surface area contributed by atoms with Gasteiger partial charge in [-0.3, -0.25) is 14.4 Å². The summed E-state index contributed by atoms with van der Waals surface area (Å²) in [6.07, 6.45) is 1.25. The van der Waals surface area contributed by atoms with Gasteiger partial charge in [-0.25, -0.2) is 17.8 Å². The highest BCUT2D eigenvalue weighted by Crippen LogP contribution is 2.33. The van der Waals surface area contributed by atoms with Gasteiger partial charge in [0.2, 0.25) is 18.6 Å². The van der Waals surface area contributed by atoms with E-state index in [1.54, 1.807) is 11.0 Å². The molecule has 6 rings (SSSR count). The van der Waals surface area contributed by atoms with Gasteiger partial charge >= 0.3 is 0 Å². The van der Waals surface area contributed by atoms with Crippen LogP contribution in [-0.4, -0.2) is 75.2 Å². The Kier molecular flexibility index (Phi) is 10.1. The Morgan fingerprint density at radius 1 is 0.979 bits per heavy atom. The molecule has 0 unspecified atom stereocenters. The van der Waals surface area contributed by atoms with Crippen molar-refractivity contribution in [2.24, 2.45) is 0 Å². The topological polar surface area (TPSA) is 114 Å². The van der Waals surface area contributed by atoms with Crippen LogP contribution in [0.25, 0.3) is 0 Å². The zero-order chi connectivity index (χ0) is 33.8. The molecule has 0 spiro atoms. The molecule has 0 saturated carbocycles. The SMILES string of the molecule is CCN(CC(=O)N1CCN(Cc2ccc3c(c2)OCO3)CC1)c1ccc(Oc2ccc(NS(=O)(=O)c3ccc(Cl)c(Cl)c3)cn2)c(F)c1. The lowest BCUT2D eigenvalue weighted by molar-refractivity contribution is -0.131. The van der Waals surface area contributed by atoms with Gasteiger partial charge in [-0.05, 0) is 61.0 Å². The van der Waals surface area contributed by atoms with Gasteiger partial charge in [-0.2, -0.15) is 0 Å². The lowest BCUT2D eigenvalue weighted by atomic mass is 10.1. The number of rotatable bonds is 11. The van der Waals surface area contributed by atoms with Crippen molar-refractivity contribution in [2.75, 3.05) is 55.7 Å². The van der Waals surface area contributed by atoms with Gasteiger partial charge in [0.05, 0.1) is 33.4 Å². The first-order valence-corrected chi connectivity index (χ1v) is 17.4. The molecule has 252 valence electrons. The van der Waals surface area contributed by atoms with Crippen LogP contribution < -0.4 is 23.8 Å². The minimum atomic E-state index is -3.95. The van der Waals surface area contributed by atoms with Crippen LogP contribution in [0.3, 0.4) is 0 Å². The van der Waals surface area contributed by atoms with Crippen molar-refractivity contribution in [1.29, 1.82) is 0 Å². The van der Waals surface area contributed by atoms with E-state index in [2.05, 4.69) is 14.6 Å². The molecule has 0 radical (unpaired) electrons. The summed E-state index contributed by atoms with van der Waals surface area (Å²) in [7, 11) is -3.95. The summed E-state index contributed by atoms with van der Waals surface area (Å²) < 4.78 is 59.4. The second kappa shape index (κ2) is 14.4. The van der Waals surface area contributed by atoms with Crippen molar-refractivity contribution in [3.63, 3.8) is 0 Å². The Labute approximate surface area is 287 Å². The number of hydrogen-bond donors (Lipinski definition) is 1. The van der Waals surface area contributed by atoms with E-state index in [-0.39, 0.29) is 51.5 Å². The van der Waals surface area contributed by atoms with Crippen LogP contribution in [0.1, 0.15) is 12.5 Å². The number of sulfonamides is 1. The number of amides is 1. The van der Waals surface area contributed by atoms with Crippen LogP contribution in [0, 0.1) is 5.82 Å². The molecule has 1 amide bonds. The first-order chi connectivity index (χ1) is 23.1. The van der Waals surface area contributed by atoms with E-state index in [0.717, 1.165) is 36.7 Å². The molecule has 0 atom stereocenters. The largest absolute Gasteiger partial charge is 0.454 e. The van der Waals surface area contributed by atoms with Gasteiger partial charge in [0.1, 0.15) is 0 Å². The standard InChI is InChI=1S/C33H32Cl2FN5O6S/c1-2-40(20-33(42)41-13-11-39(12-14-41)19-22-3-8-30-31(15-22)46-21-45-30)24-5-9-29(28(36)16-24)47-32-10-4-23(18-37-32)38-48(43,44)25-6-7-26(34)27(35)17-25/h3-10,15-18,38H,2,11-14,19-21H2,1H3. The van der Waals surface area contributed by atoms with E-state index < -0.39 is 15.8 Å². The summed E-state index contributed by atoms with van der Waals surface area (Å²) in [5.74, 6) is 0.830. The number of nitrogens with one attached hydrogen (secondary N) is 1. The van der Waals surface area contributed by atoms with Crippen LogP contribution in [0.4, 0.5) is 15.8 Å². The van der Waals surface area contributed by atoms with Crippen molar-refractivity contribution in [2.45, 2.75) is 18.4 Å². The molecular weight excluding hydrogens is 684 g/mol. The average molecular weight is 717 g/mol. The van der Waals surface area contributed by atoms with Gasteiger partial charge in [-0.15, -0.1) is 0 Å². The minimum absolute atomic E-state index is 0.0283. The number of halogens is 3. The summed E-state index contributed by atoms with van der Waals surface area (Å²) in [6, 6.07) is 17.2. The van der Waals surface area contributed by atoms with E-state index in [9.17, 15) is 13.2 Å². The third kappa shape index (κ3) is 7.87. The molecule has 0 bridgehead atoms. The zero-order valence-corrected chi connectivity index (χ0v) is 28.2. The summed E-state index contributed by atoms with van der Waals surface area (Å²) in [5.41, 5.74) is 1.83. The Morgan fingerprint density at radius 2 is 1.77 bits per heavy atom. The summed E-state index contributed by atoms with van der Waals surface area (Å²) in [4.78, 5) is 23.2.